The Balaban J connectivity index is 1.47. The first-order chi connectivity index (χ1) is 15.1. The van der Waals surface area contributed by atoms with Gasteiger partial charge in [-0.05, 0) is 51.1 Å². The lowest BCUT2D eigenvalue weighted by Crippen LogP contribution is -2.37. The Labute approximate surface area is 188 Å². The molecule has 0 radical (unpaired) electrons. The molecule has 8 heteroatoms. The Hall–Kier alpha value is -2.25. The molecule has 1 aliphatic heterocycles. The van der Waals surface area contributed by atoms with E-state index in [0.717, 1.165) is 25.2 Å². The van der Waals surface area contributed by atoms with Crippen LogP contribution in [0.2, 0.25) is 5.02 Å². The summed E-state index contributed by atoms with van der Waals surface area (Å²) >= 11 is 6.42. The molecule has 1 amide bonds. The van der Waals surface area contributed by atoms with Crippen LogP contribution in [0.15, 0.2) is 24.7 Å². The number of amides is 1. The number of piperidine rings is 1. The molecule has 1 aliphatic carbocycles. The van der Waals surface area contributed by atoms with Crippen molar-refractivity contribution in [2.45, 2.75) is 57.9 Å². The van der Waals surface area contributed by atoms with Crippen molar-refractivity contribution in [3.63, 3.8) is 0 Å². The van der Waals surface area contributed by atoms with Crippen LogP contribution in [0.25, 0.3) is 11.3 Å². The van der Waals surface area contributed by atoms with Crippen LogP contribution in [-0.4, -0.2) is 40.0 Å². The van der Waals surface area contributed by atoms with Gasteiger partial charge in [0.2, 0.25) is 5.91 Å². The van der Waals surface area contributed by atoms with E-state index in [0.29, 0.717) is 40.6 Å². The second-order valence-electron chi connectivity index (χ2n) is 8.70. The molecule has 4 rings (SSSR count). The number of halogens is 1. The molecule has 2 aliphatic rings. The van der Waals surface area contributed by atoms with Crippen molar-refractivity contribution in [3.8, 4) is 11.3 Å². The molecule has 166 valence electrons. The van der Waals surface area contributed by atoms with Crippen LogP contribution in [0, 0.1) is 11.8 Å². The van der Waals surface area contributed by atoms with Gasteiger partial charge in [-0.25, -0.2) is 9.97 Å². The van der Waals surface area contributed by atoms with Crippen molar-refractivity contribution >= 4 is 29.1 Å². The smallest absolute Gasteiger partial charge is 0.229 e. The molecule has 1 unspecified atom stereocenters. The molecule has 3 heterocycles. The highest BCUT2D eigenvalue weighted by Crippen LogP contribution is 2.30. The normalized spacial score (nSPS) is 20.8. The minimum Gasteiger partial charge on any atom is -0.366 e. The van der Waals surface area contributed by atoms with E-state index >= 15 is 0 Å². The van der Waals surface area contributed by atoms with Gasteiger partial charge in [0, 0.05) is 24.3 Å². The average molecular weight is 443 g/mol. The van der Waals surface area contributed by atoms with Gasteiger partial charge in [-0.15, -0.1) is 0 Å². The van der Waals surface area contributed by atoms with Crippen LogP contribution < -0.4 is 16.0 Å². The summed E-state index contributed by atoms with van der Waals surface area (Å²) in [5.74, 6) is 1.83. The zero-order valence-corrected chi connectivity index (χ0v) is 18.8. The molecule has 2 atom stereocenters. The van der Waals surface area contributed by atoms with E-state index in [-0.39, 0.29) is 11.8 Å². The number of carbonyl (C=O) groups excluding carboxylic acids is 1. The molecule has 2 aromatic heterocycles. The predicted octanol–water partition coefficient (Wildman–Crippen LogP) is 4.51. The lowest BCUT2D eigenvalue weighted by molar-refractivity contribution is -0.120. The van der Waals surface area contributed by atoms with Crippen molar-refractivity contribution < 1.29 is 4.79 Å². The SMILES string of the molecule is C[C@@H](Nc1cncc(-c2cc(NC(=O)C3CCCNC3)ncc2Cl)n1)C1CCCCC1. The third kappa shape index (κ3) is 5.71. The Morgan fingerprint density at radius 3 is 2.74 bits per heavy atom. The van der Waals surface area contributed by atoms with E-state index in [1.165, 1.54) is 32.1 Å². The first kappa shape index (κ1) is 22.0. The fourth-order valence-corrected chi connectivity index (χ4v) is 4.76. The monoisotopic (exact) mass is 442 g/mol. The van der Waals surface area contributed by atoms with Crippen LogP contribution in [0.5, 0.6) is 0 Å². The van der Waals surface area contributed by atoms with Crippen molar-refractivity contribution in [2.75, 3.05) is 23.7 Å². The number of rotatable bonds is 6. The highest BCUT2D eigenvalue weighted by molar-refractivity contribution is 6.33. The van der Waals surface area contributed by atoms with Gasteiger partial charge in [0.25, 0.3) is 0 Å². The van der Waals surface area contributed by atoms with Crippen LogP contribution in [0.1, 0.15) is 51.9 Å². The Morgan fingerprint density at radius 1 is 1.13 bits per heavy atom. The van der Waals surface area contributed by atoms with Crippen LogP contribution in [0.3, 0.4) is 0 Å². The summed E-state index contributed by atoms with van der Waals surface area (Å²) in [6.45, 7) is 3.89. The van der Waals surface area contributed by atoms with E-state index in [9.17, 15) is 4.79 Å². The number of anilines is 2. The number of nitrogens with one attached hydrogen (secondary N) is 3. The topological polar surface area (TPSA) is 91.8 Å². The van der Waals surface area contributed by atoms with Gasteiger partial charge in [0.1, 0.15) is 11.6 Å². The van der Waals surface area contributed by atoms with Gasteiger partial charge in [-0.3, -0.25) is 9.78 Å². The summed E-state index contributed by atoms with van der Waals surface area (Å²) in [4.78, 5) is 26.0. The van der Waals surface area contributed by atoms with E-state index in [4.69, 9.17) is 16.6 Å². The average Bonchev–Trinajstić information content (AvgIpc) is 2.81. The number of nitrogens with zero attached hydrogens (tertiary/aromatic N) is 3. The summed E-state index contributed by atoms with van der Waals surface area (Å²) in [6, 6.07) is 2.12. The third-order valence-electron chi connectivity index (χ3n) is 6.42. The van der Waals surface area contributed by atoms with Gasteiger partial charge < -0.3 is 16.0 Å². The maximum Gasteiger partial charge on any atom is 0.229 e. The molecule has 2 fully saturated rings. The maximum atomic E-state index is 12.6. The number of hydrogen-bond acceptors (Lipinski definition) is 6. The molecule has 0 spiro atoms. The second kappa shape index (κ2) is 10.4. The van der Waals surface area contributed by atoms with Crippen molar-refractivity contribution in [1.29, 1.82) is 0 Å². The van der Waals surface area contributed by atoms with Gasteiger partial charge in [0.15, 0.2) is 0 Å². The number of hydrogen-bond donors (Lipinski definition) is 3. The largest absolute Gasteiger partial charge is 0.366 e. The molecule has 1 saturated heterocycles. The Morgan fingerprint density at radius 2 is 1.97 bits per heavy atom. The van der Waals surface area contributed by atoms with Crippen molar-refractivity contribution in [2.24, 2.45) is 11.8 Å². The Bertz CT molecular complexity index is 895. The molecule has 1 saturated carbocycles. The van der Waals surface area contributed by atoms with Gasteiger partial charge in [-0.2, -0.15) is 0 Å². The zero-order chi connectivity index (χ0) is 21.6. The van der Waals surface area contributed by atoms with Gasteiger partial charge in [-0.1, -0.05) is 30.9 Å². The van der Waals surface area contributed by atoms with Crippen molar-refractivity contribution in [1.82, 2.24) is 20.3 Å². The molecule has 0 bridgehead atoms. The zero-order valence-electron chi connectivity index (χ0n) is 18.0. The quantitative estimate of drug-likeness (QED) is 0.609. The summed E-state index contributed by atoms with van der Waals surface area (Å²) in [6.07, 6.45) is 13.4. The fourth-order valence-electron chi connectivity index (χ4n) is 4.56. The third-order valence-corrected chi connectivity index (χ3v) is 6.72. The number of pyridine rings is 1. The van der Waals surface area contributed by atoms with E-state index < -0.39 is 0 Å². The molecule has 7 nitrogen and oxygen atoms in total. The van der Waals surface area contributed by atoms with Crippen LogP contribution >= 0.6 is 11.6 Å². The minimum absolute atomic E-state index is 0.0178. The lowest BCUT2D eigenvalue weighted by Gasteiger charge is -2.28. The van der Waals surface area contributed by atoms with Crippen molar-refractivity contribution in [3.05, 3.63) is 29.7 Å². The molecular formula is C23H31ClN6O. The molecule has 0 aromatic carbocycles. The molecule has 31 heavy (non-hydrogen) atoms. The number of aromatic nitrogens is 3. The standard InChI is InChI=1S/C23H31ClN6O/c1-15(16-6-3-2-4-7-16)28-22-14-26-13-20(29-22)18-10-21(27-12-19(18)24)30-23(31)17-8-5-9-25-11-17/h10,12-17,25H,2-9,11H2,1H3,(H,28,29)(H,27,30,31)/t15-,17?/m1/s1. The minimum atomic E-state index is -0.0386. The van der Waals surface area contributed by atoms with Crippen LogP contribution in [0.4, 0.5) is 11.6 Å². The van der Waals surface area contributed by atoms with E-state index in [2.05, 4.69) is 32.8 Å². The summed E-state index contributed by atoms with van der Waals surface area (Å²) in [5.41, 5.74) is 1.36. The first-order valence-electron chi connectivity index (χ1n) is 11.4. The molecule has 3 N–H and O–H groups in total. The maximum absolute atomic E-state index is 12.6. The van der Waals surface area contributed by atoms with Crippen LogP contribution in [-0.2, 0) is 4.79 Å². The molecular weight excluding hydrogens is 412 g/mol. The summed E-state index contributed by atoms with van der Waals surface area (Å²) < 4.78 is 0. The first-order valence-corrected chi connectivity index (χ1v) is 11.7. The fraction of sp³-hybridized carbons (Fsp3) is 0.565. The lowest BCUT2D eigenvalue weighted by atomic mass is 9.84. The van der Waals surface area contributed by atoms with Gasteiger partial charge in [0.05, 0.1) is 29.0 Å². The van der Waals surface area contributed by atoms with E-state index in [1.54, 1.807) is 24.7 Å². The molecule has 2 aromatic rings. The number of carbonyl (C=O) groups is 1. The predicted molar refractivity (Wildman–Crippen MR) is 124 cm³/mol. The highest BCUT2D eigenvalue weighted by atomic mass is 35.5. The summed E-state index contributed by atoms with van der Waals surface area (Å²) in [5, 5.41) is 10.2. The summed E-state index contributed by atoms with van der Waals surface area (Å²) in [7, 11) is 0. The van der Waals surface area contributed by atoms with Gasteiger partial charge >= 0.3 is 0 Å². The highest BCUT2D eigenvalue weighted by Gasteiger charge is 2.22. The van der Waals surface area contributed by atoms with E-state index in [1.807, 2.05) is 0 Å². The second-order valence-corrected chi connectivity index (χ2v) is 9.11. The Kier molecular flexibility index (Phi) is 7.35.